The lowest BCUT2D eigenvalue weighted by Gasteiger charge is -2.30. The Kier molecular flexibility index (Phi) is 7.48. The molecule has 0 radical (unpaired) electrons. The van der Waals surface area contributed by atoms with Gasteiger partial charge in [-0.1, -0.05) is 194 Å². The van der Waals surface area contributed by atoms with Crippen LogP contribution >= 0.6 is 0 Å². The molecular weight excluding hydrogens is 713 g/mol. The van der Waals surface area contributed by atoms with E-state index >= 15 is 0 Å². The smallest absolute Gasteiger partial charge is 0.160 e. The molecule has 9 aromatic carbocycles. The number of fused-ring (bicyclic) bond motifs is 11. The number of aromatic nitrogens is 2. The molecule has 10 aromatic rings. The van der Waals surface area contributed by atoms with Gasteiger partial charge in [-0.15, -0.1) is 0 Å². The first kappa shape index (κ1) is 33.5. The fraction of sp³-hybridized carbons (Fsp3) is 0.0175. The number of benzene rings is 9. The van der Waals surface area contributed by atoms with Gasteiger partial charge in [0, 0.05) is 16.7 Å². The van der Waals surface area contributed by atoms with E-state index < -0.39 is 5.41 Å². The van der Waals surface area contributed by atoms with Gasteiger partial charge in [-0.2, -0.15) is 0 Å². The Bertz CT molecular complexity index is 3140. The van der Waals surface area contributed by atoms with Crippen LogP contribution in [0.2, 0.25) is 0 Å². The fourth-order valence-electron chi connectivity index (χ4n) is 9.77. The van der Waals surface area contributed by atoms with Gasteiger partial charge in [-0.3, -0.25) is 0 Å². The highest BCUT2D eigenvalue weighted by atomic mass is 14.9. The summed E-state index contributed by atoms with van der Waals surface area (Å²) in [7, 11) is 0. The Morgan fingerprint density at radius 2 is 0.661 bits per heavy atom. The second kappa shape index (κ2) is 13.2. The van der Waals surface area contributed by atoms with Gasteiger partial charge in [-0.05, 0) is 102 Å². The zero-order chi connectivity index (χ0) is 38.9. The number of hydrogen-bond donors (Lipinski definition) is 0. The molecule has 0 N–H and O–H groups in total. The Morgan fingerprint density at radius 1 is 0.254 bits per heavy atom. The number of hydrogen-bond acceptors (Lipinski definition) is 2. The van der Waals surface area contributed by atoms with Crippen molar-refractivity contribution in [2.24, 2.45) is 0 Å². The monoisotopic (exact) mass is 748 g/mol. The molecule has 2 aliphatic carbocycles. The van der Waals surface area contributed by atoms with E-state index in [1.165, 1.54) is 77.5 Å². The predicted molar refractivity (Wildman–Crippen MR) is 243 cm³/mol. The highest BCUT2D eigenvalue weighted by Gasteiger charge is 2.51. The molecule has 12 rings (SSSR count). The number of nitrogens with zero attached hydrogens (tertiary/aromatic N) is 2. The first-order valence-electron chi connectivity index (χ1n) is 20.3. The van der Waals surface area contributed by atoms with Crippen molar-refractivity contribution in [1.29, 1.82) is 0 Å². The maximum atomic E-state index is 5.33. The minimum absolute atomic E-state index is 0.435. The highest BCUT2D eigenvalue weighted by molar-refractivity contribution is 6.00. The summed E-state index contributed by atoms with van der Waals surface area (Å²) >= 11 is 0. The molecule has 1 unspecified atom stereocenters. The first-order chi connectivity index (χ1) is 29.2. The summed E-state index contributed by atoms with van der Waals surface area (Å²) in [5.41, 5.74) is 19.6. The maximum absolute atomic E-state index is 5.33. The van der Waals surface area contributed by atoms with Crippen molar-refractivity contribution in [3.8, 4) is 78.4 Å². The van der Waals surface area contributed by atoms with Crippen molar-refractivity contribution >= 4 is 10.8 Å². The Hall–Kier alpha value is -7.68. The van der Waals surface area contributed by atoms with Crippen molar-refractivity contribution in [2.45, 2.75) is 5.41 Å². The summed E-state index contributed by atoms with van der Waals surface area (Å²) in [5.74, 6) is 0.705. The molecule has 1 spiro atoms. The quantitative estimate of drug-likeness (QED) is 0.175. The summed E-state index contributed by atoms with van der Waals surface area (Å²) in [4.78, 5) is 10.7. The van der Waals surface area contributed by atoms with Crippen LogP contribution in [0.3, 0.4) is 0 Å². The molecule has 2 aliphatic rings. The van der Waals surface area contributed by atoms with Gasteiger partial charge in [0.2, 0.25) is 0 Å². The van der Waals surface area contributed by atoms with Gasteiger partial charge in [0.1, 0.15) is 0 Å². The largest absolute Gasteiger partial charge is 0.228 e. The molecule has 274 valence electrons. The summed E-state index contributed by atoms with van der Waals surface area (Å²) in [6.45, 7) is 0. The second-order valence-corrected chi connectivity index (χ2v) is 15.7. The fourth-order valence-corrected chi connectivity index (χ4v) is 9.77. The third-order valence-corrected chi connectivity index (χ3v) is 12.5. The summed E-state index contributed by atoms with van der Waals surface area (Å²) in [5, 5.41) is 2.52. The summed E-state index contributed by atoms with van der Waals surface area (Å²) < 4.78 is 0. The Balaban J connectivity index is 1.04. The maximum Gasteiger partial charge on any atom is 0.160 e. The molecule has 59 heavy (non-hydrogen) atoms. The molecule has 0 amide bonds. The van der Waals surface area contributed by atoms with Crippen molar-refractivity contribution in [3.05, 3.63) is 241 Å². The molecule has 2 heteroatoms. The molecule has 0 saturated heterocycles. The van der Waals surface area contributed by atoms with Crippen molar-refractivity contribution in [2.75, 3.05) is 0 Å². The highest BCUT2D eigenvalue weighted by Crippen LogP contribution is 2.63. The van der Waals surface area contributed by atoms with Crippen LogP contribution < -0.4 is 0 Å². The van der Waals surface area contributed by atoms with E-state index in [-0.39, 0.29) is 0 Å². The minimum Gasteiger partial charge on any atom is -0.228 e. The lowest BCUT2D eigenvalue weighted by atomic mass is 9.70. The van der Waals surface area contributed by atoms with Crippen LogP contribution in [0.1, 0.15) is 22.3 Å². The van der Waals surface area contributed by atoms with Crippen molar-refractivity contribution in [1.82, 2.24) is 9.97 Å². The first-order valence-corrected chi connectivity index (χ1v) is 20.3. The van der Waals surface area contributed by atoms with E-state index in [1.807, 2.05) is 0 Å². The zero-order valence-corrected chi connectivity index (χ0v) is 32.2. The molecular formula is C57H36N2. The minimum atomic E-state index is -0.435. The molecule has 0 fully saturated rings. The van der Waals surface area contributed by atoms with Crippen LogP contribution in [-0.2, 0) is 5.41 Å². The van der Waals surface area contributed by atoms with Crippen LogP contribution in [0.4, 0.5) is 0 Å². The topological polar surface area (TPSA) is 25.8 Å². The van der Waals surface area contributed by atoms with Crippen molar-refractivity contribution in [3.63, 3.8) is 0 Å². The standard InChI is InChI=1S/C57H36N2/c1-3-13-37(14-4-1)39-23-27-41(28-24-39)54-36-55(42-29-25-40(26-30-42)38-15-5-2-6-16-38)59-56(58-54)45-31-32-52-48(34-45)46-19-9-11-21-50(46)57(52)51-22-12-10-20-47(51)49-33-43-17-7-8-18-44(43)35-53(49)57/h1-36H. The van der Waals surface area contributed by atoms with Crippen LogP contribution in [-0.4, -0.2) is 9.97 Å². The molecule has 0 bridgehead atoms. The van der Waals surface area contributed by atoms with Crippen LogP contribution in [0.5, 0.6) is 0 Å². The predicted octanol–water partition coefficient (Wildman–Crippen LogP) is 14.3. The van der Waals surface area contributed by atoms with Crippen molar-refractivity contribution < 1.29 is 0 Å². The molecule has 2 nitrogen and oxygen atoms in total. The van der Waals surface area contributed by atoms with Gasteiger partial charge in [-0.25, -0.2) is 9.97 Å². The van der Waals surface area contributed by atoms with Crippen LogP contribution in [0, 0.1) is 0 Å². The second-order valence-electron chi connectivity index (χ2n) is 15.7. The summed E-state index contributed by atoms with van der Waals surface area (Å²) in [6, 6.07) is 79.1. The zero-order valence-electron chi connectivity index (χ0n) is 32.2. The molecule has 1 aromatic heterocycles. The Labute approximate surface area is 343 Å². The van der Waals surface area contributed by atoms with Crippen LogP contribution in [0.25, 0.3) is 89.2 Å². The third-order valence-electron chi connectivity index (χ3n) is 12.5. The molecule has 0 aliphatic heterocycles. The van der Waals surface area contributed by atoms with Gasteiger partial charge in [0.15, 0.2) is 5.82 Å². The van der Waals surface area contributed by atoms with E-state index in [0.717, 1.165) is 28.1 Å². The average Bonchev–Trinajstić information content (AvgIpc) is 3.77. The van der Waals surface area contributed by atoms with Gasteiger partial charge in [0.05, 0.1) is 16.8 Å². The summed E-state index contributed by atoms with van der Waals surface area (Å²) in [6.07, 6.45) is 0. The third kappa shape index (κ3) is 5.20. The van der Waals surface area contributed by atoms with E-state index in [2.05, 4.69) is 218 Å². The van der Waals surface area contributed by atoms with E-state index in [0.29, 0.717) is 5.82 Å². The van der Waals surface area contributed by atoms with Gasteiger partial charge >= 0.3 is 0 Å². The van der Waals surface area contributed by atoms with E-state index in [4.69, 9.17) is 9.97 Å². The van der Waals surface area contributed by atoms with Gasteiger partial charge in [0.25, 0.3) is 0 Å². The lowest BCUT2D eigenvalue weighted by Crippen LogP contribution is -2.25. The average molecular weight is 749 g/mol. The SMILES string of the molecule is c1ccc(-c2ccc(-c3cc(-c4ccc(-c5ccccc5)cc4)nc(-c4ccc5c(c4)-c4ccccc4C54c5ccccc5-c5cc6ccccc6cc54)n3)cc2)cc1. The Morgan fingerprint density at radius 3 is 1.22 bits per heavy atom. The van der Waals surface area contributed by atoms with E-state index in [1.54, 1.807) is 0 Å². The molecule has 1 atom stereocenters. The lowest BCUT2D eigenvalue weighted by molar-refractivity contribution is 0.795. The molecule has 1 heterocycles. The number of rotatable bonds is 5. The van der Waals surface area contributed by atoms with Gasteiger partial charge < -0.3 is 0 Å². The van der Waals surface area contributed by atoms with E-state index in [9.17, 15) is 0 Å². The van der Waals surface area contributed by atoms with Crippen LogP contribution in [0.15, 0.2) is 218 Å². The molecule has 0 saturated carbocycles. The normalized spacial score (nSPS) is 14.5.